The van der Waals surface area contributed by atoms with E-state index in [1.165, 1.54) is 0 Å². The Morgan fingerprint density at radius 2 is 1.76 bits per heavy atom. The molecule has 1 aliphatic rings. The normalized spacial score (nSPS) is 14.1. The van der Waals surface area contributed by atoms with Crippen molar-refractivity contribution in [3.05, 3.63) is 99.5 Å². The molecule has 0 bridgehead atoms. The van der Waals surface area contributed by atoms with Crippen molar-refractivity contribution >= 4 is 33.7 Å². The van der Waals surface area contributed by atoms with Crippen LogP contribution in [0.2, 0.25) is 0 Å². The fourth-order valence-corrected chi connectivity index (χ4v) is 3.94. The molecule has 33 heavy (non-hydrogen) atoms. The van der Waals surface area contributed by atoms with Gasteiger partial charge >= 0.3 is 5.97 Å². The molecule has 0 spiro atoms. The Hall–Kier alpha value is -3.51. The lowest BCUT2D eigenvalue weighted by molar-refractivity contribution is -0.130. The van der Waals surface area contributed by atoms with E-state index in [-0.39, 0.29) is 0 Å². The second-order valence-electron chi connectivity index (χ2n) is 7.26. The van der Waals surface area contributed by atoms with Crippen LogP contribution in [-0.4, -0.2) is 19.7 Å². The summed E-state index contributed by atoms with van der Waals surface area (Å²) in [4.78, 5) is 12.5. The van der Waals surface area contributed by atoms with Gasteiger partial charge in [-0.05, 0) is 82.5 Å². The molecule has 1 aliphatic heterocycles. The van der Waals surface area contributed by atoms with Gasteiger partial charge in [-0.1, -0.05) is 30.3 Å². The monoisotopic (exact) mass is 506 g/mol. The Bertz CT molecular complexity index is 1200. The zero-order chi connectivity index (χ0) is 23.2. The SMILES string of the molecule is CCOc1cc(/C=C2\C=C(c3ccc(OC)cc3)OC2=O)cc(Br)c1OCc1ccccc1. The van der Waals surface area contributed by atoms with Crippen LogP contribution < -0.4 is 14.2 Å². The molecule has 0 N–H and O–H groups in total. The molecule has 1 heterocycles. The smallest absolute Gasteiger partial charge is 0.343 e. The van der Waals surface area contributed by atoms with Crippen LogP contribution in [0.5, 0.6) is 17.2 Å². The van der Waals surface area contributed by atoms with Crippen molar-refractivity contribution in [1.82, 2.24) is 0 Å². The predicted molar refractivity (Wildman–Crippen MR) is 131 cm³/mol. The summed E-state index contributed by atoms with van der Waals surface area (Å²) >= 11 is 3.59. The van der Waals surface area contributed by atoms with Gasteiger partial charge in [-0.2, -0.15) is 0 Å². The van der Waals surface area contributed by atoms with E-state index in [0.29, 0.717) is 36.0 Å². The van der Waals surface area contributed by atoms with Crippen molar-refractivity contribution in [2.45, 2.75) is 13.5 Å². The van der Waals surface area contributed by atoms with E-state index >= 15 is 0 Å². The summed E-state index contributed by atoms with van der Waals surface area (Å²) in [5.41, 5.74) is 3.10. The summed E-state index contributed by atoms with van der Waals surface area (Å²) in [6.45, 7) is 2.82. The molecule has 0 aliphatic carbocycles. The molecular weight excluding hydrogens is 484 g/mol. The van der Waals surface area contributed by atoms with Crippen molar-refractivity contribution in [2.24, 2.45) is 0 Å². The molecule has 0 saturated heterocycles. The summed E-state index contributed by atoms with van der Waals surface area (Å²) in [6.07, 6.45) is 3.51. The zero-order valence-electron chi connectivity index (χ0n) is 18.3. The lowest BCUT2D eigenvalue weighted by Crippen LogP contribution is -2.01. The summed E-state index contributed by atoms with van der Waals surface area (Å²) in [5.74, 6) is 2.05. The largest absolute Gasteiger partial charge is 0.497 e. The van der Waals surface area contributed by atoms with E-state index in [1.54, 1.807) is 19.3 Å². The third-order valence-corrected chi connectivity index (χ3v) is 5.57. The molecule has 0 saturated carbocycles. The highest BCUT2D eigenvalue weighted by molar-refractivity contribution is 9.10. The number of esters is 1. The van der Waals surface area contributed by atoms with Crippen LogP contribution in [0.3, 0.4) is 0 Å². The summed E-state index contributed by atoms with van der Waals surface area (Å²) < 4.78 is 23.3. The highest BCUT2D eigenvalue weighted by atomic mass is 79.9. The molecule has 0 unspecified atom stereocenters. The Morgan fingerprint density at radius 3 is 2.45 bits per heavy atom. The van der Waals surface area contributed by atoms with Crippen LogP contribution in [-0.2, 0) is 16.1 Å². The minimum absolute atomic E-state index is 0.403. The minimum Gasteiger partial charge on any atom is -0.497 e. The first-order valence-corrected chi connectivity index (χ1v) is 11.3. The molecule has 0 atom stereocenters. The molecule has 0 radical (unpaired) electrons. The fourth-order valence-electron chi connectivity index (χ4n) is 3.37. The zero-order valence-corrected chi connectivity index (χ0v) is 19.9. The summed E-state index contributed by atoms with van der Waals surface area (Å²) in [6, 6.07) is 21.0. The van der Waals surface area contributed by atoms with Crippen molar-refractivity contribution < 1.29 is 23.7 Å². The first-order chi connectivity index (χ1) is 16.1. The van der Waals surface area contributed by atoms with E-state index in [4.69, 9.17) is 18.9 Å². The van der Waals surface area contributed by atoms with Crippen LogP contribution in [0, 0.1) is 0 Å². The van der Waals surface area contributed by atoms with E-state index in [0.717, 1.165) is 26.9 Å². The third kappa shape index (κ3) is 5.46. The van der Waals surface area contributed by atoms with Gasteiger partial charge in [0.1, 0.15) is 18.1 Å². The second-order valence-corrected chi connectivity index (χ2v) is 8.12. The highest BCUT2D eigenvalue weighted by Gasteiger charge is 2.22. The van der Waals surface area contributed by atoms with Crippen LogP contribution in [0.15, 0.2) is 82.9 Å². The minimum atomic E-state index is -0.403. The van der Waals surface area contributed by atoms with Crippen LogP contribution in [0.4, 0.5) is 0 Å². The maximum atomic E-state index is 12.5. The molecule has 168 valence electrons. The number of ether oxygens (including phenoxy) is 4. The number of benzene rings is 3. The average Bonchev–Trinajstić information content (AvgIpc) is 3.19. The fraction of sp³-hybridized carbons (Fsp3) is 0.148. The van der Waals surface area contributed by atoms with Gasteiger partial charge in [0, 0.05) is 5.56 Å². The molecule has 3 aromatic rings. The molecule has 0 fully saturated rings. The van der Waals surface area contributed by atoms with Gasteiger partial charge in [-0.25, -0.2) is 4.79 Å². The molecule has 3 aromatic carbocycles. The predicted octanol–water partition coefficient (Wildman–Crippen LogP) is 6.42. The van der Waals surface area contributed by atoms with E-state index in [1.807, 2.05) is 73.7 Å². The maximum Gasteiger partial charge on any atom is 0.343 e. The van der Waals surface area contributed by atoms with Crippen LogP contribution in [0.25, 0.3) is 11.8 Å². The van der Waals surface area contributed by atoms with Crippen molar-refractivity contribution in [2.75, 3.05) is 13.7 Å². The quantitative estimate of drug-likeness (QED) is 0.260. The topological polar surface area (TPSA) is 54.0 Å². The van der Waals surface area contributed by atoms with Gasteiger partial charge in [0.05, 0.1) is 23.8 Å². The molecule has 0 aromatic heterocycles. The lowest BCUT2D eigenvalue weighted by atomic mass is 10.1. The van der Waals surface area contributed by atoms with Gasteiger partial charge in [-0.3, -0.25) is 0 Å². The first kappa shape index (κ1) is 22.7. The average molecular weight is 507 g/mol. The Balaban J connectivity index is 1.60. The van der Waals surface area contributed by atoms with Crippen molar-refractivity contribution in [1.29, 1.82) is 0 Å². The molecule has 6 heteroatoms. The number of rotatable bonds is 8. The second kappa shape index (κ2) is 10.4. The lowest BCUT2D eigenvalue weighted by Gasteiger charge is -2.15. The number of methoxy groups -OCH3 is 1. The summed E-state index contributed by atoms with van der Waals surface area (Å²) in [5, 5.41) is 0. The Labute approximate surface area is 201 Å². The number of cyclic esters (lactones) is 1. The van der Waals surface area contributed by atoms with Gasteiger partial charge in [-0.15, -0.1) is 0 Å². The Morgan fingerprint density at radius 1 is 1.00 bits per heavy atom. The van der Waals surface area contributed by atoms with Crippen molar-refractivity contribution in [3.63, 3.8) is 0 Å². The van der Waals surface area contributed by atoms with E-state index < -0.39 is 5.97 Å². The summed E-state index contributed by atoms with van der Waals surface area (Å²) in [7, 11) is 1.61. The molecule has 0 amide bonds. The van der Waals surface area contributed by atoms with Crippen LogP contribution >= 0.6 is 15.9 Å². The number of carbonyl (C=O) groups is 1. The molecule has 5 nitrogen and oxygen atoms in total. The Kier molecular flexibility index (Phi) is 7.15. The van der Waals surface area contributed by atoms with E-state index in [9.17, 15) is 4.79 Å². The van der Waals surface area contributed by atoms with Gasteiger partial charge in [0.2, 0.25) is 0 Å². The number of hydrogen-bond donors (Lipinski definition) is 0. The maximum absolute atomic E-state index is 12.5. The first-order valence-electron chi connectivity index (χ1n) is 10.5. The number of hydrogen-bond acceptors (Lipinski definition) is 5. The number of carbonyl (C=O) groups excluding carboxylic acids is 1. The highest BCUT2D eigenvalue weighted by Crippen LogP contribution is 2.38. The standard InChI is InChI=1S/C27H23BrO5/c1-3-31-25-15-19(14-23(28)26(25)32-17-18-7-5-4-6-8-18)13-21-16-24(33-27(21)29)20-9-11-22(30-2)12-10-20/h4-16H,3,17H2,1-2H3/b21-13+. The van der Waals surface area contributed by atoms with Crippen molar-refractivity contribution in [3.8, 4) is 17.2 Å². The van der Waals surface area contributed by atoms with Crippen LogP contribution in [0.1, 0.15) is 23.6 Å². The van der Waals surface area contributed by atoms with Gasteiger partial charge in [0.25, 0.3) is 0 Å². The van der Waals surface area contributed by atoms with Gasteiger partial charge in [0.15, 0.2) is 11.5 Å². The molecular formula is C27H23BrO5. The number of halogens is 1. The van der Waals surface area contributed by atoms with E-state index in [2.05, 4.69) is 15.9 Å². The van der Waals surface area contributed by atoms with Gasteiger partial charge < -0.3 is 18.9 Å². The molecule has 4 rings (SSSR count). The third-order valence-electron chi connectivity index (χ3n) is 4.98.